The molecule has 4 heteroatoms. The Morgan fingerprint density at radius 3 is 1.89 bits per heavy atom. The first-order valence-electron chi connectivity index (χ1n) is 8.52. The molecule has 0 aromatic heterocycles. The van der Waals surface area contributed by atoms with Crippen LogP contribution < -0.4 is 0 Å². The van der Waals surface area contributed by atoms with Crippen molar-refractivity contribution in [3.63, 3.8) is 0 Å². The van der Waals surface area contributed by atoms with Gasteiger partial charge in [-0.3, -0.25) is 9.59 Å². The first-order valence-corrected chi connectivity index (χ1v) is 8.52. The van der Waals surface area contributed by atoms with E-state index in [1.54, 1.807) is 84.9 Å². The number of carbonyl (C=O) groups excluding carboxylic acids is 2. The van der Waals surface area contributed by atoms with Gasteiger partial charge in [0, 0.05) is 16.7 Å². The molecular formula is C23H16O4. The topological polar surface area (TPSA) is 63.6 Å². The van der Waals surface area contributed by atoms with Crippen LogP contribution in [0.3, 0.4) is 0 Å². The van der Waals surface area contributed by atoms with Gasteiger partial charge in [-0.05, 0) is 0 Å². The fraction of sp³-hybridized carbons (Fsp3) is 0.0435. The maximum absolute atomic E-state index is 13.2. The summed E-state index contributed by atoms with van der Waals surface area (Å²) < 4.78 is 5.75. The fourth-order valence-corrected chi connectivity index (χ4v) is 3.10. The van der Waals surface area contributed by atoms with Crippen LogP contribution in [0, 0.1) is 0 Å². The standard InChI is InChI=1S/C23H16O4/c24-20(16-10-4-1-5-11-16)19-21(17-12-6-2-7-13-17)27-23(26,22(19)25)18-14-8-3-9-15-18/h1-15,26H. The van der Waals surface area contributed by atoms with Gasteiger partial charge in [0.05, 0.1) is 0 Å². The molecule has 1 aliphatic rings. The predicted octanol–water partition coefficient (Wildman–Crippen LogP) is 3.73. The van der Waals surface area contributed by atoms with Crippen LogP contribution >= 0.6 is 0 Å². The SMILES string of the molecule is O=C(C1=C(c2ccccc2)OC(O)(c2ccccc2)C1=O)c1ccccc1. The molecule has 1 unspecified atom stereocenters. The molecule has 0 saturated heterocycles. The van der Waals surface area contributed by atoms with Gasteiger partial charge in [-0.15, -0.1) is 0 Å². The summed E-state index contributed by atoms with van der Waals surface area (Å²) in [7, 11) is 0. The highest BCUT2D eigenvalue weighted by atomic mass is 16.6. The summed E-state index contributed by atoms with van der Waals surface area (Å²) in [6.45, 7) is 0. The van der Waals surface area contributed by atoms with Crippen LogP contribution in [-0.4, -0.2) is 16.7 Å². The van der Waals surface area contributed by atoms with Crippen LogP contribution in [0.25, 0.3) is 5.76 Å². The molecule has 4 rings (SSSR count). The second kappa shape index (κ2) is 6.67. The molecule has 1 aliphatic heterocycles. The average Bonchev–Trinajstić information content (AvgIpc) is 3.01. The van der Waals surface area contributed by atoms with Gasteiger partial charge in [0.15, 0.2) is 0 Å². The van der Waals surface area contributed by atoms with Gasteiger partial charge < -0.3 is 9.84 Å². The highest BCUT2D eigenvalue weighted by Gasteiger charge is 2.52. The number of ketones is 2. The number of hydrogen-bond acceptors (Lipinski definition) is 4. The second-order valence-corrected chi connectivity index (χ2v) is 6.21. The largest absolute Gasteiger partial charge is 0.449 e. The summed E-state index contributed by atoms with van der Waals surface area (Å²) in [6.07, 6.45) is 0. The minimum atomic E-state index is -2.23. The summed E-state index contributed by atoms with van der Waals surface area (Å²) >= 11 is 0. The Kier molecular flexibility index (Phi) is 4.18. The maximum atomic E-state index is 13.2. The molecule has 0 bridgehead atoms. The normalized spacial score (nSPS) is 19.1. The van der Waals surface area contributed by atoms with Crippen molar-refractivity contribution in [2.24, 2.45) is 0 Å². The zero-order chi connectivity index (χ0) is 18.9. The Bertz CT molecular complexity index is 1020. The molecule has 0 amide bonds. The first kappa shape index (κ1) is 16.9. The molecule has 0 spiro atoms. The zero-order valence-corrected chi connectivity index (χ0v) is 14.3. The van der Waals surface area contributed by atoms with E-state index in [-0.39, 0.29) is 16.9 Å². The van der Waals surface area contributed by atoms with E-state index >= 15 is 0 Å². The number of hydrogen-bond donors (Lipinski definition) is 1. The molecule has 0 saturated carbocycles. The van der Waals surface area contributed by atoms with Gasteiger partial charge in [0.1, 0.15) is 11.3 Å². The molecule has 4 nitrogen and oxygen atoms in total. The molecule has 1 atom stereocenters. The number of carbonyl (C=O) groups is 2. The van der Waals surface area contributed by atoms with Gasteiger partial charge in [-0.1, -0.05) is 91.0 Å². The minimum Gasteiger partial charge on any atom is -0.449 e. The number of ether oxygens (including phenoxy) is 1. The lowest BCUT2D eigenvalue weighted by Crippen LogP contribution is -2.35. The van der Waals surface area contributed by atoms with Crippen LogP contribution in [0.2, 0.25) is 0 Å². The van der Waals surface area contributed by atoms with E-state index in [1.165, 1.54) is 0 Å². The summed E-state index contributed by atoms with van der Waals surface area (Å²) in [5.74, 6) is -3.39. The summed E-state index contributed by atoms with van der Waals surface area (Å²) in [5.41, 5.74) is 1.03. The van der Waals surface area contributed by atoms with Crippen LogP contribution in [-0.2, 0) is 15.3 Å². The first-order chi connectivity index (χ1) is 13.1. The van der Waals surface area contributed by atoms with Crippen LogP contribution in [0.5, 0.6) is 0 Å². The Balaban J connectivity index is 1.87. The molecule has 3 aromatic carbocycles. The molecule has 0 radical (unpaired) electrons. The fourth-order valence-electron chi connectivity index (χ4n) is 3.10. The van der Waals surface area contributed by atoms with Crippen molar-refractivity contribution in [3.8, 4) is 0 Å². The zero-order valence-electron chi connectivity index (χ0n) is 14.3. The maximum Gasteiger partial charge on any atom is 0.300 e. The Morgan fingerprint density at radius 2 is 1.30 bits per heavy atom. The van der Waals surface area contributed by atoms with Gasteiger partial charge in [-0.25, -0.2) is 0 Å². The van der Waals surface area contributed by atoms with E-state index in [1.807, 2.05) is 6.07 Å². The summed E-state index contributed by atoms with van der Waals surface area (Å²) in [4.78, 5) is 26.3. The van der Waals surface area contributed by atoms with E-state index in [0.717, 1.165) is 0 Å². The third-order valence-electron chi connectivity index (χ3n) is 4.48. The van der Waals surface area contributed by atoms with Gasteiger partial charge in [0.2, 0.25) is 11.6 Å². The Hall–Kier alpha value is -3.50. The van der Waals surface area contributed by atoms with Crippen LogP contribution in [0.1, 0.15) is 21.5 Å². The van der Waals surface area contributed by atoms with Crippen LogP contribution in [0.4, 0.5) is 0 Å². The molecule has 1 N–H and O–H groups in total. The number of benzene rings is 3. The Labute approximate surface area is 156 Å². The van der Waals surface area contributed by atoms with Gasteiger partial charge in [-0.2, -0.15) is 0 Å². The van der Waals surface area contributed by atoms with E-state index in [0.29, 0.717) is 11.1 Å². The highest BCUT2D eigenvalue weighted by Crippen LogP contribution is 2.42. The van der Waals surface area contributed by atoms with E-state index in [4.69, 9.17) is 4.74 Å². The van der Waals surface area contributed by atoms with Crippen molar-refractivity contribution < 1.29 is 19.4 Å². The van der Waals surface area contributed by atoms with Gasteiger partial charge in [0.25, 0.3) is 5.79 Å². The molecular weight excluding hydrogens is 340 g/mol. The molecule has 0 aliphatic carbocycles. The van der Waals surface area contributed by atoms with Crippen molar-refractivity contribution in [1.29, 1.82) is 0 Å². The summed E-state index contributed by atoms with van der Waals surface area (Å²) in [5, 5.41) is 11.1. The van der Waals surface area contributed by atoms with Crippen molar-refractivity contribution in [3.05, 3.63) is 113 Å². The second-order valence-electron chi connectivity index (χ2n) is 6.21. The predicted molar refractivity (Wildman–Crippen MR) is 101 cm³/mol. The number of rotatable bonds is 4. The average molecular weight is 356 g/mol. The van der Waals surface area contributed by atoms with E-state index in [9.17, 15) is 14.7 Å². The lowest BCUT2D eigenvalue weighted by atomic mass is 9.92. The smallest absolute Gasteiger partial charge is 0.300 e. The van der Waals surface area contributed by atoms with Crippen molar-refractivity contribution in [2.75, 3.05) is 0 Å². The molecule has 132 valence electrons. The third kappa shape index (κ3) is 2.86. The van der Waals surface area contributed by atoms with Crippen LogP contribution in [0.15, 0.2) is 96.6 Å². The quantitative estimate of drug-likeness (QED) is 0.572. The third-order valence-corrected chi connectivity index (χ3v) is 4.48. The highest BCUT2D eigenvalue weighted by molar-refractivity contribution is 6.33. The monoisotopic (exact) mass is 356 g/mol. The lowest BCUT2D eigenvalue weighted by Gasteiger charge is -2.22. The van der Waals surface area contributed by atoms with E-state index in [2.05, 4.69) is 0 Å². The number of aliphatic hydroxyl groups is 1. The van der Waals surface area contributed by atoms with Crippen molar-refractivity contribution >= 4 is 17.3 Å². The van der Waals surface area contributed by atoms with Gasteiger partial charge >= 0.3 is 0 Å². The van der Waals surface area contributed by atoms with E-state index < -0.39 is 17.4 Å². The summed E-state index contributed by atoms with van der Waals surface area (Å²) in [6, 6.07) is 25.7. The molecule has 0 fully saturated rings. The number of Topliss-reactive ketones (excluding diaryl/α,β-unsaturated/α-hetero) is 2. The Morgan fingerprint density at radius 1 is 0.778 bits per heavy atom. The lowest BCUT2D eigenvalue weighted by molar-refractivity contribution is -0.173. The molecule has 1 heterocycles. The van der Waals surface area contributed by atoms with Crippen molar-refractivity contribution in [2.45, 2.75) is 5.79 Å². The minimum absolute atomic E-state index is 0.0841. The molecule has 27 heavy (non-hydrogen) atoms. The molecule has 3 aromatic rings. The van der Waals surface area contributed by atoms with Crippen molar-refractivity contribution in [1.82, 2.24) is 0 Å².